The highest BCUT2D eigenvalue weighted by Gasteiger charge is 2.47. The fourth-order valence-corrected chi connectivity index (χ4v) is 4.75. The number of sulfonamides is 1. The van der Waals surface area contributed by atoms with Crippen molar-refractivity contribution in [2.45, 2.75) is 44.0 Å². The minimum atomic E-state index is -3.94. The third-order valence-electron chi connectivity index (χ3n) is 6.25. The molecule has 2 aromatic carbocycles. The van der Waals surface area contributed by atoms with Crippen molar-refractivity contribution >= 4 is 33.2 Å². The normalized spacial score (nSPS) is 18.0. The van der Waals surface area contributed by atoms with Gasteiger partial charge in [0.25, 0.3) is 11.7 Å². The van der Waals surface area contributed by atoms with E-state index in [1.165, 1.54) is 35.4 Å². The van der Waals surface area contributed by atoms with Crippen molar-refractivity contribution in [3.63, 3.8) is 0 Å². The lowest BCUT2D eigenvalue weighted by Gasteiger charge is -2.25. The minimum absolute atomic E-state index is 0.0716. The van der Waals surface area contributed by atoms with E-state index in [1.807, 2.05) is 45.9 Å². The summed E-state index contributed by atoms with van der Waals surface area (Å²) in [4.78, 5) is 31.9. The van der Waals surface area contributed by atoms with Gasteiger partial charge in [-0.05, 0) is 65.4 Å². The van der Waals surface area contributed by atoms with Crippen LogP contribution < -0.4 is 10.0 Å². The third-order valence-corrected chi connectivity index (χ3v) is 7.18. The number of aryl methyl sites for hydroxylation is 1. The number of aliphatic hydroxyl groups excluding tert-OH is 1. The van der Waals surface area contributed by atoms with Crippen LogP contribution in [0, 0.1) is 6.92 Å². The molecule has 1 aliphatic rings. The zero-order valence-corrected chi connectivity index (χ0v) is 21.2. The highest BCUT2D eigenvalue weighted by molar-refractivity contribution is 7.89. The largest absolute Gasteiger partial charge is 0.507 e. The Labute approximate surface area is 210 Å². The average Bonchev–Trinajstić information content (AvgIpc) is 3.09. The average molecular weight is 506 g/mol. The van der Waals surface area contributed by atoms with Gasteiger partial charge in [0, 0.05) is 23.6 Å². The van der Waals surface area contributed by atoms with Crippen molar-refractivity contribution < 1.29 is 23.1 Å². The molecule has 36 heavy (non-hydrogen) atoms. The highest BCUT2D eigenvalue weighted by atomic mass is 32.2. The van der Waals surface area contributed by atoms with E-state index in [-0.39, 0.29) is 27.3 Å². The lowest BCUT2D eigenvalue weighted by Crippen LogP contribution is -2.29. The van der Waals surface area contributed by atoms with Crippen LogP contribution in [-0.4, -0.2) is 30.2 Å². The summed E-state index contributed by atoms with van der Waals surface area (Å²) in [5, 5.41) is 16.7. The molecule has 8 nitrogen and oxygen atoms in total. The predicted octanol–water partition coefficient (Wildman–Crippen LogP) is 3.96. The fraction of sp³-hybridized carbons (Fsp3) is 0.222. The lowest BCUT2D eigenvalue weighted by molar-refractivity contribution is -0.132. The van der Waals surface area contributed by atoms with Crippen LogP contribution in [0.3, 0.4) is 0 Å². The predicted molar refractivity (Wildman–Crippen MR) is 137 cm³/mol. The number of rotatable bonds is 4. The molecule has 0 aliphatic carbocycles. The fourth-order valence-electron chi connectivity index (χ4n) is 4.24. The van der Waals surface area contributed by atoms with Crippen molar-refractivity contribution in [1.82, 2.24) is 4.98 Å². The number of nitrogens with zero attached hydrogens (tertiary/aromatic N) is 2. The second kappa shape index (κ2) is 9.00. The van der Waals surface area contributed by atoms with Crippen LogP contribution >= 0.6 is 0 Å². The summed E-state index contributed by atoms with van der Waals surface area (Å²) in [6, 6.07) is 13.4. The van der Waals surface area contributed by atoms with Gasteiger partial charge in [0.2, 0.25) is 10.0 Å². The zero-order valence-electron chi connectivity index (χ0n) is 20.4. The number of benzene rings is 2. The number of Topliss-reactive ketones (excluding diaryl/α,β-unsaturated/α-hetero) is 1. The molecule has 2 heterocycles. The van der Waals surface area contributed by atoms with Crippen molar-refractivity contribution in [3.8, 4) is 0 Å². The molecule has 1 atom stereocenters. The molecule has 1 aromatic heterocycles. The summed E-state index contributed by atoms with van der Waals surface area (Å²) in [6.07, 6.45) is 3.08. The minimum Gasteiger partial charge on any atom is -0.507 e. The third kappa shape index (κ3) is 4.55. The Kier molecular flexibility index (Phi) is 6.32. The maximum atomic E-state index is 13.4. The van der Waals surface area contributed by atoms with E-state index >= 15 is 0 Å². The second-order valence-corrected chi connectivity index (χ2v) is 11.3. The molecule has 9 heteroatoms. The quantitative estimate of drug-likeness (QED) is 0.314. The SMILES string of the molecule is Cc1ccc(C(C)(C)C)cc1/C(O)=C1\C(=O)C(=O)N(c2ccc(S(N)(=O)=O)cc2)C1c1cccnc1. The number of hydrogen-bond acceptors (Lipinski definition) is 6. The van der Waals surface area contributed by atoms with E-state index in [0.717, 1.165) is 11.1 Å². The first-order valence-corrected chi connectivity index (χ1v) is 12.8. The van der Waals surface area contributed by atoms with Crippen LogP contribution in [0.15, 0.2) is 77.5 Å². The number of aromatic nitrogens is 1. The lowest BCUT2D eigenvalue weighted by atomic mass is 9.84. The summed E-state index contributed by atoms with van der Waals surface area (Å²) in [5.41, 5.74) is 2.67. The number of nitrogens with two attached hydrogens (primary N) is 1. The number of pyridine rings is 1. The van der Waals surface area contributed by atoms with Gasteiger partial charge in [0.1, 0.15) is 5.76 Å². The molecule has 1 aliphatic heterocycles. The Hall–Kier alpha value is -3.82. The van der Waals surface area contributed by atoms with Crippen LogP contribution in [-0.2, 0) is 25.0 Å². The number of carbonyl (C=O) groups is 2. The Morgan fingerprint density at radius 2 is 1.72 bits per heavy atom. The van der Waals surface area contributed by atoms with Gasteiger partial charge >= 0.3 is 0 Å². The van der Waals surface area contributed by atoms with E-state index in [2.05, 4.69) is 4.98 Å². The number of primary sulfonamides is 1. The highest BCUT2D eigenvalue weighted by Crippen LogP contribution is 2.42. The van der Waals surface area contributed by atoms with Crippen LogP contribution in [0.4, 0.5) is 5.69 Å². The summed E-state index contributed by atoms with van der Waals surface area (Å²) in [6.45, 7) is 7.95. The first kappa shape index (κ1) is 25.3. The number of anilines is 1. The number of ketones is 1. The second-order valence-electron chi connectivity index (χ2n) is 9.77. The van der Waals surface area contributed by atoms with Gasteiger partial charge < -0.3 is 5.11 Å². The molecule has 4 rings (SSSR count). The zero-order chi connectivity index (χ0) is 26.4. The topological polar surface area (TPSA) is 131 Å². The van der Waals surface area contributed by atoms with Gasteiger partial charge in [-0.15, -0.1) is 0 Å². The monoisotopic (exact) mass is 505 g/mol. The number of carbonyl (C=O) groups excluding carboxylic acids is 2. The van der Waals surface area contributed by atoms with Gasteiger partial charge in [-0.3, -0.25) is 19.5 Å². The Balaban J connectivity index is 1.94. The van der Waals surface area contributed by atoms with Gasteiger partial charge in [-0.25, -0.2) is 13.6 Å². The molecule has 1 saturated heterocycles. The molecule has 0 bridgehead atoms. The van der Waals surface area contributed by atoms with Gasteiger partial charge in [0.05, 0.1) is 16.5 Å². The van der Waals surface area contributed by atoms with E-state index in [1.54, 1.807) is 18.3 Å². The van der Waals surface area contributed by atoms with Crippen LogP contribution in [0.1, 0.15) is 49.1 Å². The van der Waals surface area contributed by atoms with Crippen LogP contribution in [0.25, 0.3) is 5.76 Å². The molecule has 1 amide bonds. The first-order chi connectivity index (χ1) is 16.8. The van der Waals surface area contributed by atoms with Crippen LogP contribution in [0.2, 0.25) is 0 Å². The molecular formula is C27H27N3O5S. The number of hydrogen-bond donors (Lipinski definition) is 2. The molecule has 3 aromatic rings. The summed E-state index contributed by atoms with van der Waals surface area (Å²) < 4.78 is 23.4. The van der Waals surface area contributed by atoms with E-state index < -0.39 is 27.8 Å². The Morgan fingerprint density at radius 1 is 1.06 bits per heavy atom. The molecule has 1 fully saturated rings. The standard InChI is InChI=1S/C27H27N3O5S/c1-16-7-8-18(27(2,3)4)14-21(16)24(31)22-23(17-6-5-13-29-15-17)30(26(33)25(22)32)19-9-11-20(12-10-19)36(28,34)35/h5-15,23,31H,1-4H3,(H2,28,34,35)/b24-22+. The van der Waals surface area contributed by atoms with E-state index in [4.69, 9.17) is 5.14 Å². The van der Waals surface area contributed by atoms with E-state index in [9.17, 15) is 23.1 Å². The van der Waals surface area contributed by atoms with Gasteiger partial charge in [-0.1, -0.05) is 39.0 Å². The van der Waals surface area contributed by atoms with Crippen molar-refractivity contribution in [2.75, 3.05) is 4.90 Å². The van der Waals surface area contributed by atoms with Crippen molar-refractivity contribution in [2.24, 2.45) is 5.14 Å². The summed E-state index contributed by atoms with van der Waals surface area (Å²) in [5.74, 6) is -1.98. The Morgan fingerprint density at radius 3 is 2.28 bits per heavy atom. The van der Waals surface area contributed by atoms with E-state index in [0.29, 0.717) is 11.1 Å². The maximum Gasteiger partial charge on any atom is 0.300 e. The molecule has 0 spiro atoms. The number of amides is 1. The summed E-state index contributed by atoms with van der Waals surface area (Å²) in [7, 11) is -3.94. The van der Waals surface area contributed by atoms with Gasteiger partial charge in [-0.2, -0.15) is 0 Å². The molecule has 0 radical (unpaired) electrons. The number of aliphatic hydroxyl groups is 1. The molecule has 3 N–H and O–H groups in total. The Bertz CT molecular complexity index is 1490. The summed E-state index contributed by atoms with van der Waals surface area (Å²) >= 11 is 0. The van der Waals surface area contributed by atoms with Crippen molar-refractivity contribution in [3.05, 3.63) is 94.8 Å². The van der Waals surface area contributed by atoms with Crippen molar-refractivity contribution in [1.29, 1.82) is 0 Å². The molecule has 186 valence electrons. The van der Waals surface area contributed by atoms with Crippen LogP contribution in [0.5, 0.6) is 0 Å². The molecule has 1 unspecified atom stereocenters. The maximum absolute atomic E-state index is 13.4. The first-order valence-electron chi connectivity index (χ1n) is 11.3. The molecule has 0 saturated carbocycles. The smallest absolute Gasteiger partial charge is 0.300 e. The molecular weight excluding hydrogens is 478 g/mol. The van der Waals surface area contributed by atoms with Gasteiger partial charge in [0.15, 0.2) is 0 Å².